The Balaban J connectivity index is 1.24. The summed E-state index contributed by atoms with van der Waals surface area (Å²) in [6.07, 6.45) is -10.1. The van der Waals surface area contributed by atoms with Crippen LogP contribution in [0.5, 0.6) is 28.7 Å². The Morgan fingerprint density at radius 3 is 2.55 bits per heavy atom. The molecule has 3 aromatic carbocycles. The third-order valence-corrected chi connectivity index (χ3v) is 12.4. The highest BCUT2D eigenvalue weighted by Crippen LogP contribution is 2.60. The maximum absolute atomic E-state index is 12.6. The highest BCUT2D eigenvalue weighted by molar-refractivity contribution is 5.90. The summed E-state index contributed by atoms with van der Waals surface area (Å²) in [5.74, 6) is 3.64. The van der Waals surface area contributed by atoms with Crippen LogP contribution in [0.15, 0.2) is 67.0 Å². The van der Waals surface area contributed by atoms with Gasteiger partial charge in [0, 0.05) is 59.9 Å². The van der Waals surface area contributed by atoms with Crippen LogP contribution in [0.2, 0.25) is 0 Å². The summed E-state index contributed by atoms with van der Waals surface area (Å²) in [6.45, 7) is -1.45. The first-order valence-electron chi connectivity index (χ1n) is 21.1. The molecule has 1 fully saturated rings. The van der Waals surface area contributed by atoms with Gasteiger partial charge in [-0.25, -0.2) is 0 Å². The van der Waals surface area contributed by atoms with Crippen LogP contribution in [0.3, 0.4) is 0 Å². The lowest BCUT2D eigenvalue weighted by Gasteiger charge is -2.50. The standard InChI is InChI=1S/C46H48N4O16/c47-44(48)41(64-33(56)17-32(54)55)43-46(59)11-4-7-24-26(19-50-18-23-10-12-49-36(23)27(50)20-52)35-31(16-29(24)63-45(66-43)37(57)42(46)58)62-30(15-22-5-2-1-3-6-22)34-25-8-9-28(61-21-53)39(60-14-13-51)38(25)65-40(34)35/h1-3,5-6,8-10,12,16,18,30,34,37,40-45,49,51-53,57-59H,11,13-15,17,19-21,47-48H2,(H,54,55)/t30-,34+,37+,40+,41+,42+,43+,45+,46-/m0/s1. The van der Waals surface area contributed by atoms with Crippen molar-refractivity contribution in [3.05, 3.63) is 101 Å². The Kier molecular flexibility index (Phi) is 12.3. The summed E-state index contributed by atoms with van der Waals surface area (Å²) < 4.78 is 45.3. The van der Waals surface area contributed by atoms with E-state index in [1.807, 2.05) is 53.2 Å². The van der Waals surface area contributed by atoms with Gasteiger partial charge >= 0.3 is 11.9 Å². The molecule has 0 spiro atoms. The van der Waals surface area contributed by atoms with Crippen molar-refractivity contribution in [2.24, 2.45) is 11.5 Å². The van der Waals surface area contributed by atoms with Crippen LogP contribution in [0, 0.1) is 11.8 Å². The van der Waals surface area contributed by atoms with Crippen molar-refractivity contribution in [3.8, 4) is 40.6 Å². The zero-order chi connectivity index (χ0) is 46.4. The minimum absolute atomic E-state index is 0.00338. The predicted molar refractivity (Wildman–Crippen MR) is 227 cm³/mol. The Bertz CT molecular complexity index is 2690. The second kappa shape index (κ2) is 18.1. The zero-order valence-electron chi connectivity index (χ0n) is 35.1. The number of aliphatic hydroxyl groups is 6. The number of rotatable bonds is 15. The number of hydrogen-bond donors (Lipinski definition) is 10. The van der Waals surface area contributed by atoms with Crippen molar-refractivity contribution in [2.75, 3.05) is 20.0 Å². The molecule has 66 heavy (non-hydrogen) atoms. The van der Waals surface area contributed by atoms with Crippen molar-refractivity contribution >= 4 is 22.8 Å². The van der Waals surface area contributed by atoms with Gasteiger partial charge in [0.25, 0.3) is 0 Å². The van der Waals surface area contributed by atoms with Crippen molar-refractivity contribution < 1.29 is 78.5 Å². The van der Waals surface area contributed by atoms with Gasteiger partial charge in [0.1, 0.15) is 60.6 Å². The van der Waals surface area contributed by atoms with Crippen LogP contribution in [0.4, 0.5) is 0 Å². The fraction of sp³-hybridized carbons (Fsp3) is 0.391. The van der Waals surface area contributed by atoms with Gasteiger partial charge in [-0.2, -0.15) is 0 Å². The first kappa shape index (κ1) is 44.8. The van der Waals surface area contributed by atoms with E-state index in [2.05, 4.69) is 16.8 Å². The predicted octanol–water partition coefficient (Wildman–Crippen LogP) is 0.373. The number of nitrogens with zero attached hydrogens (tertiary/aromatic N) is 1. The molecule has 2 bridgehead atoms. The van der Waals surface area contributed by atoms with E-state index >= 15 is 0 Å². The first-order chi connectivity index (χ1) is 31.8. The number of aliphatic carboxylic acids is 1. The van der Waals surface area contributed by atoms with E-state index in [-0.39, 0.29) is 54.9 Å². The summed E-state index contributed by atoms with van der Waals surface area (Å²) in [4.78, 5) is 27.1. The maximum Gasteiger partial charge on any atom is 0.317 e. The van der Waals surface area contributed by atoms with E-state index in [9.17, 15) is 45.3 Å². The van der Waals surface area contributed by atoms with Gasteiger partial charge in [-0.05, 0) is 17.7 Å². The minimum Gasteiger partial charge on any atom is -0.489 e. The number of nitrogens with two attached hydrogens (primary N) is 2. The summed E-state index contributed by atoms with van der Waals surface area (Å²) in [5.41, 5.74) is 13.6. The van der Waals surface area contributed by atoms with Gasteiger partial charge in [-0.1, -0.05) is 48.2 Å². The molecule has 0 saturated carbocycles. The molecule has 7 heterocycles. The van der Waals surface area contributed by atoms with Crippen molar-refractivity contribution in [1.82, 2.24) is 9.55 Å². The van der Waals surface area contributed by atoms with E-state index in [1.54, 1.807) is 18.3 Å². The van der Waals surface area contributed by atoms with E-state index in [1.165, 1.54) is 0 Å². The third kappa shape index (κ3) is 7.93. The maximum atomic E-state index is 12.6. The second-order valence-corrected chi connectivity index (χ2v) is 16.4. The van der Waals surface area contributed by atoms with Gasteiger partial charge < -0.3 is 89.9 Å². The molecule has 348 valence electrons. The van der Waals surface area contributed by atoms with Gasteiger partial charge in [0.15, 0.2) is 24.4 Å². The van der Waals surface area contributed by atoms with Gasteiger partial charge in [-0.3, -0.25) is 9.59 Å². The molecule has 20 heteroatoms. The van der Waals surface area contributed by atoms with Crippen LogP contribution in [0.1, 0.15) is 58.4 Å². The molecule has 5 aromatic rings. The molecule has 0 radical (unpaired) electrons. The number of aromatic amines is 1. The van der Waals surface area contributed by atoms with E-state index in [0.29, 0.717) is 40.1 Å². The molecule has 0 aliphatic carbocycles. The fourth-order valence-electron chi connectivity index (χ4n) is 9.45. The third-order valence-electron chi connectivity index (χ3n) is 12.4. The number of carbonyl (C=O) groups is 2. The molecule has 1 saturated heterocycles. The summed E-state index contributed by atoms with van der Waals surface area (Å²) in [6, 6.07) is 16.5. The molecular formula is C46H48N4O16. The monoisotopic (exact) mass is 912 g/mol. The number of aliphatic hydroxyl groups excluding tert-OH is 5. The number of H-pyrrole nitrogens is 1. The second-order valence-electron chi connectivity index (χ2n) is 16.4. The lowest BCUT2D eigenvalue weighted by atomic mass is 9.78. The first-order valence-corrected chi connectivity index (χ1v) is 21.1. The molecule has 20 nitrogen and oxygen atoms in total. The van der Waals surface area contributed by atoms with E-state index in [4.69, 9.17) is 44.6 Å². The van der Waals surface area contributed by atoms with Crippen LogP contribution in [-0.4, -0.2) is 126 Å². The fourth-order valence-corrected chi connectivity index (χ4v) is 9.45. The molecule has 5 aliphatic heterocycles. The molecule has 9 atom stereocenters. The molecule has 0 amide bonds. The lowest BCUT2D eigenvalue weighted by Crippen LogP contribution is -2.72. The van der Waals surface area contributed by atoms with Gasteiger partial charge in [-0.15, -0.1) is 0 Å². The topological polar surface area (TPSA) is 313 Å². The van der Waals surface area contributed by atoms with Crippen LogP contribution in [0.25, 0.3) is 10.9 Å². The van der Waals surface area contributed by atoms with Gasteiger partial charge in [0.2, 0.25) is 12.0 Å². The summed E-state index contributed by atoms with van der Waals surface area (Å²) >= 11 is 0. The molecule has 5 aliphatic rings. The molecule has 0 unspecified atom stereocenters. The smallest absolute Gasteiger partial charge is 0.317 e. The minimum atomic E-state index is -2.53. The lowest BCUT2D eigenvalue weighted by molar-refractivity contribution is -0.324. The zero-order valence-corrected chi connectivity index (χ0v) is 35.1. The number of esters is 1. The Morgan fingerprint density at radius 1 is 1.02 bits per heavy atom. The highest BCUT2D eigenvalue weighted by atomic mass is 16.7. The van der Waals surface area contributed by atoms with Crippen molar-refractivity contribution in [2.45, 2.75) is 93.0 Å². The van der Waals surface area contributed by atoms with Gasteiger partial charge in [0.05, 0.1) is 42.1 Å². The summed E-state index contributed by atoms with van der Waals surface area (Å²) in [5, 5.41) is 75.6. The average Bonchev–Trinajstić information content (AvgIpc) is 4.00. The quantitative estimate of drug-likeness (QED) is 0.0294. The number of benzene rings is 3. The Hall–Kier alpha value is -6.38. The number of nitrogens with one attached hydrogen (secondary N) is 1. The molecule has 10 rings (SSSR count). The van der Waals surface area contributed by atoms with Crippen LogP contribution in [-0.2, 0) is 38.6 Å². The van der Waals surface area contributed by atoms with Crippen LogP contribution >= 0.6 is 0 Å². The molecule has 12 N–H and O–H groups in total. The largest absolute Gasteiger partial charge is 0.489 e. The normalized spacial score (nSPS) is 25.2. The summed E-state index contributed by atoms with van der Waals surface area (Å²) in [7, 11) is 0. The van der Waals surface area contributed by atoms with E-state index in [0.717, 1.165) is 10.9 Å². The Labute approximate surface area is 375 Å². The number of fused-ring (bicyclic) bond motifs is 9. The number of carboxylic acid groups (broad SMARTS) is 1. The highest BCUT2D eigenvalue weighted by Gasteiger charge is 2.60. The Morgan fingerprint density at radius 2 is 1.82 bits per heavy atom. The molecule has 2 aromatic heterocycles. The number of hydrogen-bond acceptors (Lipinski definition) is 17. The number of aromatic nitrogens is 2. The van der Waals surface area contributed by atoms with E-state index < -0.39 is 92.2 Å². The molecular weight excluding hydrogens is 865 g/mol. The number of ether oxygens (including phenoxy) is 7. The number of carbonyl (C=O) groups excluding carboxylic acids is 1. The van der Waals surface area contributed by atoms with Crippen molar-refractivity contribution in [3.63, 3.8) is 0 Å². The number of carboxylic acids is 1. The van der Waals surface area contributed by atoms with Crippen molar-refractivity contribution in [1.29, 1.82) is 0 Å². The average molecular weight is 913 g/mol. The van der Waals surface area contributed by atoms with Crippen LogP contribution < -0.4 is 35.2 Å². The SMILES string of the molecule is NC(N)[C@H](OC(=O)CC(=O)O)[C@H]1O[C@H]2Oc3cc4c(c(Cn5cc6cc[nH]c6c5CO)c3C#CC[C@]1(O)[C@H](O)[C@H]2O)[C@@H]1Oc2c(ccc(OCO)c2OCCO)[C@@H]1[C@H](Cc1ccccc1)O4.